The third kappa shape index (κ3) is 3.47. The number of hydrogen-bond acceptors (Lipinski definition) is 3. The Morgan fingerprint density at radius 1 is 1.33 bits per heavy atom. The van der Waals surface area contributed by atoms with Crippen molar-refractivity contribution in [2.24, 2.45) is 0 Å². The minimum Gasteiger partial charge on any atom is -0.497 e. The van der Waals surface area contributed by atoms with Crippen LogP contribution in [-0.4, -0.2) is 43.9 Å². The normalized spacial score (nSPS) is 21.2. The molecule has 0 amide bonds. The maximum atomic E-state index is 5.85. The molecule has 1 aliphatic heterocycles. The molecule has 1 aromatic carbocycles. The highest BCUT2D eigenvalue weighted by Crippen LogP contribution is 2.16. The van der Waals surface area contributed by atoms with Crippen molar-refractivity contribution >= 4 is 0 Å². The van der Waals surface area contributed by atoms with Gasteiger partial charge in [-0.15, -0.1) is 0 Å². The van der Waals surface area contributed by atoms with Crippen molar-refractivity contribution in [1.29, 1.82) is 0 Å². The van der Waals surface area contributed by atoms with Crippen LogP contribution in [0.4, 0.5) is 0 Å². The minimum absolute atomic E-state index is 0.314. The second-order valence-electron chi connectivity index (χ2n) is 5.13. The Bertz CT molecular complexity index is 361. The summed E-state index contributed by atoms with van der Waals surface area (Å²) < 4.78 is 11.0. The number of benzene rings is 1. The summed E-state index contributed by atoms with van der Waals surface area (Å²) in [6, 6.07) is 8.87. The van der Waals surface area contributed by atoms with Gasteiger partial charge in [-0.25, -0.2) is 0 Å². The highest BCUT2D eigenvalue weighted by molar-refractivity contribution is 5.27. The molecule has 3 nitrogen and oxygen atoms in total. The smallest absolute Gasteiger partial charge is 0.118 e. The van der Waals surface area contributed by atoms with Gasteiger partial charge >= 0.3 is 0 Å². The molecule has 1 fully saturated rings. The molecule has 0 bridgehead atoms. The molecule has 0 saturated carbocycles. The van der Waals surface area contributed by atoms with Crippen LogP contribution in [0.5, 0.6) is 5.75 Å². The van der Waals surface area contributed by atoms with E-state index >= 15 is 0 Å². The van der Waals surface area contributed by atoms with Gasteiger partial charge in [-0.1, -0.05) is 12.1 Å². The third-order valence-corrected chi connectivity index (χ3v) is 3.52. The Kier molecular flexibility index (Phi) is 4.61. The first kappa shape index (κ1) is 13.4. The Balaban J connectivity index is 1.91. The molecule has 0 unspecified atom stereocenters. The quantitative estimate of drug-likeness (QED) is 0.817. The van der Waals surface area contributed by atoms with Crippen molar-refractivity contribution in [1.82, 2.24) is 4.90 Å². The third-order valence-electron chi connectivity index (χ3n) is 3.52. The Hall–Kier alpha value is -1.06. The van der Waals surface area contributed by atoms with Crippen LogP contribution in [0.2, 0.25) is 0 Å². The lowest BCUT2D eigenvalue weighted by molar-refractivity contribution is -0.0377. The van der Waals surface area contributed by atoms with E-state index < -0.39 is 0 Å². The fraction of sp³-hybridized carbons (Fsp3) is 0.600. The number of ether oxygens (including phenoxy) is 2. The van der Waals surface area contributed by atoms with Gasteiger partial charge in [-0.05, 0) is 38.0 Å². The minimum atomic E-state index is 0.314. The predicted octanol–water partition coefficient (Wildman–Crippen LogP) is 2.35. The van der Waals surface area contributed by atoms with E-state index in [1.165, 1.54) is 5.56 Å². The summed E-state index contributed by atoms with van der Waals surface area (Å²) in [6.07, 6.45) is 1.29. The number of rotatable bonds is 4. The van der Waals surface area contributed by atoms with E-state index in [9.17, 15) is 0 Å². The summed E-state index contributed by atoms with van der Waals surface area (Å²) in [5.74, 6) is 0.909. The summed E-state index contributed by atoms with van der Waals surface area (Å²) in [4.78, 5) is 2.48. The van der Waals surface area contributed by atoms with E-state index in [1.807, 2.05) is 12.1 Å². The summed E-state index contributed by atoms with van der Waals surface area (Å²) in [5, 5.41) is 0. The summed E-state index contributed by atoms with van der Waals surface area (Å²) in [6.45, 7) is 7.42. The van der Waals surface area contributed by atoms with Crippen LogP contribution < -0.4 is 4.74 Å². The van der Waals surface area contributed by atoms with Gasteiger partial charge in [0.1, 0.15) is 5.75 Å². The fourth-order valence-electron chi connectivity index (χ4n) is 2.36. The first-order valence-electron chi connectivity index (χ1n) is 6.67. The molecule has 0 aliphatic carbocycles. The van der Waals surface area contributed by atoms with Crippen LogP contribution in [0.3, 0.4) is 0 Å². The molecule has 1 saturated heterocycles. The molecule has 2 rings (SSSR count). The number of methoxy groups -OCH3 is 1. The second kappa shape index (κ2) is 6.21. The average molecular weight is 249 g/mol. The molecule has 0 radical (unpaired) electrons. The van der Waals surface area contributed by atoms with Crippen molar-refractivity contribution < 1.29 is 9.47 Å². The van der Waals surface area contributed by atoms with Crippen LogP contribution in [0.25, 0.3) is 0 Å². The number of morpholine rings is 1. The largest absolute Gasteiger partial charge is 0.497 e. The first-order valence-corrected chi connectivity index (χ1v) is 6.67. The van der Waals surface area contributed by atoms with Gasteiger partial charge in [0.25, 0.3) is 0 Å². The van der Waals surface area contributed by atoms with Crippen molar-refractivity contribution in [3.63, 3.8) is 0 Å². The molecule has 1 heterocycles. The zero-order valence-corrected chi connectivity index (χ0v) is 11.6. The molecular formula is C15H23NO2. The molecule has 18 heavy (non-hydrogen) atoms. The van der Waals surface area contributed by atoms with Crippen LogP contribution in [0, 0.1) is 0 Å². The van der Waals surface area contributed by atoms with Crippen molar-refractivity contribution in [2.75, 3.05) is 26.8 Å². The predicted molar refractivity (Wildman–Crippen MR) is 73.1 cm³/mol. The molecule has 1 atom stereocenters. The molecule has 3 heteroatoms. The molecule has 0 aromatic heterocycles. The zero-order valence-electron chi connectivity index (χ0n) is 11.6. The second-order valence-corrected chi connectivity index (χ2v) is 5.13. The van der Waals surface area contributed by atoms with Gasteiger partial charge in [-0.3, -0.25) is 4.90 Å². The summed E-state index contributed by atoms with van der Waals surface area (Å²) in [7, 11) is 1.69. The number of nitrogens with zero attached hydrogens (tertiary/aromatic N) is 1. The lowest BCUT2D eigenvalue weighted by Crippen LogP contribution is -2.46. The van der Waals surface area contributed by atoms with Gasteiger partial charge in [0.15, 0.2) is 0 Å². The summed E-state index contributed by atoms with van der Waals surface area (Å²) >= 11 is 0. The van der Waals surface area contributed by atoms with Gasteiger partial charge in [0.2, 0.25) is 0 Å². The van der Waals surface area contributed by atoms with Crippen molar-refractivity contribution in [3.05, 3.63) is 29.8 Å². The standard InChI is InChI=1S/C15H23NO2/c1-12(2)16-8-9-18-15(11-16)10-13-4-6-14(17-3)7-5-13/h4-7,12,15H,8-11H2,1-3H3/t15-/m0/s1. The SMILES string of the molecule is COc1ccc(C[C@H]2CN(C(C)C)CCO2)cc1. The van der Waals surface area contributed by atoms with E-state index in [1.54, 1.807) is 7.11 Å². The highest BCUT2D eigenvalue weighted by Gasteiger charge is 2.22. The van der Waals surface area contributed by atoms with E-state index in [4.69, 9.17) is 9.47 Å². The summed E-state index contributed by atoms with van der Waals surface area (Å²) in [5.41, 5.74) is 1.31. The lowest BCUT2D eigenvalue weighted by Gasteiger charge is -2.35. The maximum absolute atomic E-state index is 5.85. The zero-order chi connectivity index (χ0) is 13.0. The van der Waals surface area contributed by atoms with E-state index in [0.717, 1.165) is 31.9 Å². The Labute approximate surface area is 110 Å². The van der Waals surface area contributed by atoms with Gasteiger partial charge in [0, 0.05) is 19.1 Å². The van der Waals surface area contributed by atoms with Gasteiger partial charge < -0.3 is 9.47 Å². The number of hydrogen-bond donors (Lipinski definition) is 0. The Morgan fingerprint density at radius 3 is 2.67 bits per heavy atom. The van der Waals surface area contributed by atoms with E-state index in [0.29, 0.717) is 12.1 Å². The van der Waals surface area contributed by atoms with Crippen molar-refractivity contribution in [3.8, 4) is 5.75 Å². The Morgan fingerprint density at radius 2 is 2.06 bits per heavy atom. The monoisotopic (exact) mass is 249 g/mol. The molecule has 0 N–H and O–H groups in total. The lowest BCUT2D eigenvalue weighted by atomic mass is 10.1. The molecule has 0 spiro atoms. The molecular weight excluding hydrogens is 226 g/mol. The topological polar surface area (TPSA) is 21.7 Å². The molecule has 1 aliphatic rings. The van der Waals surface area contributed by atoms with Crippen molar-refractivity contribution in [2.45, 2.75) is 32.4 Å². The van der Waals surface area contributed by atoms with Gasteiger partial charge in [-0.2, -0.15) is 0 Å². The van der Waals surface area contributed by atoms with E-state index in [-0.39, 0.29) is 0 Å². The molecule has 1 aromatic rings. The highest BCUT2D eigenvalue weighted by atomic mass is 16.5. The average Bonchev–Trinajstić information content (AvgIpc) is 2.40. The van der Waals surface area contributed by atoms with Crippen LogP contribution in [-0.2, 0) is 11.2 Å². The first-order chi connectivity index (χ1) is 8.69. The van der Waals surface area contributed by atoms with Gasteiger partial charge in [0.05, 0.1) is 19.8 Å². The van der Waals surface area contributed by atoms with Crippen LogP contribution in [0.1, 0.15) is 19.4 Å². The van der Waals surface area contributed by atoms with Crippen LogP contribution >= 0.6 is 0 Å². The fourth-order valence-corrected chi connectivity index (χ4v) is 2.36. The van der Waals surface area contributed by atoms with E-state index in [2.05, 4.69) is 30.9 Å². The molecule has 100 valence electrons. The van der Waals surface area contributed by atoms with Crippen LogP contribution in [0.15, 0.2) is 24.3 Å². The maximum Gasteiger partial charge on any atom is 0.118 e.